The third kappa shape index (κ3) is 1.61. The molecule has 14 heavy (non-hydrogen) atoms. The molecule has 0 N–H and O–H groups in total. The van der Waals surface area contributed by atoms with Crippen LogP contribution in [0.3, 0.4) is 0 Å². The maximum Gasteiger partial charge on any atom is 0.223 e. The number of amides is 1. The van der Waals surface area contributed by atoms with E-state index in [-0.39, 0.29) is 5.91 Å². The van der Waals surface area contributed by atoms with Gasteiger partial charge in [-0.25, -0.2) is 0 Å². The number of hydrogen-bond donors (Lipinski definition) is 0. The molecule has 0 spiro atoms. The van der Waals surface area contributed by atoms with Crippen molar-refractivity contribution in [1.82, 2.24) is 0 Å². The van der Waals surface area contributed by atoms with Gasteiger partial charge in [-0.2, -0.15) is 0 Å². The number of hydrogen-bond acceptors (Lipinski definition) is 1. The van der Waals surface area contributed by atoms with Crippen LogP contribution in [0.1, 0.15) is 12.5 Å². The minimum absolute atomic E-state index is 0.103. The second-order valence-electron chi connectivity index (χ2n) is 3.32. The third-order valence-electron chi connectivity index (χ3n) is 2.36. The molecule has 74 valence electrons. The lowest BCUT2D eigenvalue weighted by molar-refractivity contribution is -0.116. The molecule has 0 saturated heterocycles. The predicted octanol–water partition coefficient (Wildman–Crippen LogP) is 3.12. The molecule has 2 nitrogen and oxygen atoms in total. The molecule has 0 bridgehead atoms. The number of carbonyl (C=O) groups excluding carboxylic acids is 1. The molecule has 0 atom stereocenters. The smallest absolute Gasteiger partial charge is 0.223 e. The van der Waals surface area contributed by atoms with Crippen LogP contribution in [0.2, 0.25) is 0 Å². The van der Waals surface area contributed by atoms with Crippen LogP contribution in [0.5, 0.6) is 0 Å². The highest BCUT2D eigenvalue weighted by atomic mass is 79.9. The van der Waals surface area contributed by atoms with Crippen LogP contribution in [0.25, 0.3) is 0 Å². The van der Waals surface area contributed by atoms with E-state index < -0.39 is 0 Å². The van der Waals surface area contributed by atoms with Crippen LogP contribution in [-0.4, -0.2) is 12.5 Å². The quantitative estimate of drug-likeness (QED) is 0.719. The zero-order chi connectivity index (χ0) is 10.3. The molecule has 1 aromatic carbocycles. The van der Waals surface area contributed by atoms with Crippen molar-refractivity contribution in [3.8, 4) is 0 Å². The number of benzene rings is 1. The van der Waals surface area contributed by atoms with Gasteiger partial charge in [0.2, 0.25) is 5.91 Å². The number of nitrogens with zero attached hydrogens (tertiary/aromatic N) is 1. The van der Waals surface area contributed by atoms with Crippen LogP contribution >= 0.6 is 31.9 Å². The minimum Gasteiger partial charge on any atom is -0.311 e. The van der Waals surface area contributed by atoms with Crippen molar-refractivity contribution in [3.05, 3.63) is 26.6 Å². The zero-order valence-corrected chi connectivity index (χ0v) is 10.9. The standard InChI is InChI=1S/C10H9Br2NO/c1-6(14)13-3-2-7-4-8(11)5-9(12)10(7)13/h4-5H,2-3H2,1H3. The lowest BCUT2D eigenvalue weighted by atomic mass is 10.2. The van der Waals surface area contributed by atoms with Gasteiger partial charge in [-0.05, 0) is 40.0 Å². The summed E-state index contributed by atoms with van der Waals surface area (Å²) in [5, 5.41) is 0. The molecule has 0 aromatic heterocycles. The van der Waals surface area contributed by atoms with E-state index in [9.17, 15) is 4.79 Å². The number of fused-ring (bicyclic) bond motifs is 1. The average molecular weight is 319 g/mol. The number of anilines is 1. The van der Waals surface area contributed by atoms with Crippen LogP contribution in [0, 0.1) is 0 Å². The highest BCUT2D eigenvalue weighted by Gasteiger charge is 2.24. The van der Waals surface area contributed by atoms with E-state index >= 15 is 0 Å². The van der Waals surface area contributed by atoms with E-state index in [1.807, 2.05) is 11.0 Å². The van der Waals surface area contributed by atoms with E-state index in [0.717, 1.165) is 27.6 Å². The Morgan fingerprint density at radius 3 is 2.79 bits per heavy atom. The normalized spacial score (nSPS) is 14.4. The van der Waals surface area contributed by atoms with Crippen molar-refractivity contribution in [1.29, 1.82) is 0 Å². The second kappa shape index (κ2) is 3.66. The summed E-state index contributed by atoms with van der Waals surface area (Å²) in [6.07, 6.45) is 0.937. The van der Waals surface area contributed by atoms with Crippen molar-refractivity contribution >= 4 is 43.5 Å². The van der Waals surface area contributed by atoms with E-state index in [0.29, 0.717) is 0 Å². The van der Waals surface area contributed by atoms with Crippen molar-refractivity contribution in [2.75, 3.05) is 11.4 Å². The minimum atomic E-state index is 0.103. The molecule has 0 saturated carbocycles. The molecule has 1 heterocycles. The van der Waals surface area contributed by atoms with Crippen LogP contribution in [0.15, 0.2) is 21.1 Å². The third-order valence-corrected chi connectivity index (χ3v) is 3.42. The lowest BCUT2D eigenvalue weighted by Gasteiger charge is -2.16. The Hall–Kier alpha value is -0.350. The summed E-state index contributed by atoms with van der Waals surface area (Å²) in [7, 11) is 0. The van der Waals surface area contributed by atoms with Crippen molar-refractivity contribution in [3.63, 3.8) is 0 Å². The summed E-state index contributed by atoms with van der Waals surface area (Å²) in [4.78, 5) is 13.2. The van der Waals surface area contributed by atoms with E-state index in [2.05, 4.69) is 37.9 Å². The van der Waals surface area contributed by atoms with Gasteiger partial charge in [0.05, 0.1) is 5.69 Å². The lowest BCUT2D eigenvalue weighted by Crippen LogP contribution is -2.26. The fraction of sp³-hybridized carbons (Fsp3) is 0.300. The first-order valence-electron chi connectivity index (χ1n) is 4.35. The van der Waals surface area contributed by atoms with Gasteiger partial charge in [0.1, 0.15) is 0 Å². The molecule has 0 fully saturated rings. The molecule has 1 aliphatic heterocycles. The Kier molecular flexibility index (Phi) is 2.66. The summed E-state index contributed by atoms with van der Waals surface area (Å²) in [6, 6.07) is 4.04. The topological polar surface area (TPSA) is 20.3 Å². The van der Waals surface area contributed by atoms with Crippen LogP contribution < -0.4 is 4.90 Å². The van der Waals surface area contributed by atoms with Gasteiger partial charge in [-0.15, -0.1) is 0 Å². The molecule has 0 unspecified atom stereocenters. The monoisotopic (exact) mass is 317 g/mol. The zero-order valence-electron chi connectivity index (χ0n) is 7.68. The Morgan fingerprint density at radius 2 is 2.14 bits per heavy atom. The van der Waals surface area contributed by atoms with Gasteiger partial charge in [-0.3, -0.25) is 4.79 Å². The first-order chi connectivity index (χ1) is 6.59. The first kappa shape index (κ1) is 10.2. The summed E-state index contributed by atoms with van der Waals surface area (Å²) < 4.78 is 2.03. The maximum atomic E-state index is 11.3. The molecule has 1 amide bonds. The second-order valence-corrected chi connectivity index (χ2v) is 5.09. The van der Waals surface area contributed by atoms with Gasteiger partial charge in [-0.1, -0.05) is 15.9 Å². The van der Waals surface area contributed by atoms with E-state index in [1.165, 1.54) is 5.56 Å². The van der Waals surface area contributed by atoms with Crippen LogP contribution in [0.4, 0.5) is 5.69 Å². The van der Waals surface area contributed by atoms with Crippen molar-refractivity contribution in [2.45, 2.75) is 13.3 Å². The van der Waals surface area contributed by atoms with Crippen LogP contribution in [-0.2, 0) is 11.2 Å². The fourth-order valence-corrected chi connectivity index (χ4v) is 3.30. The van der Waals surface area contributed by atoms with E-state index in [4.69, 9.17) is 0 Å². The van der Waals surface area contributed by atoms with Gasteiger partial charge in [0.25, 0.3) is 0 Å². The van der Waals surface area contributed by atoms with Crippen molar-refractivity contribution in [2.24, 2.45) is 0 Å². The van der Waals surface area contributed by atoms with Crippen molar-refractivity contribution < 1.29 is 4.79 Å². The molecular weight excluding hydrogens is 310 g/mol. The Balaban J connectivity index is 2.54. The maximum absolute atomic E-state index is 11.3. The van der Waals surface area contributed by atoms with Gasteiger partial charge in [0.15, 0.2) is 0 Å². The molecule has 1 aliphatic rings. The summed E-state index contributed by atoms with van der Waals surface area (Å²) in [6.45, 7) is 2.39. The molecular formula is C10H9Br2NO. The number of rotatable bonds is 0. The Labute approximate surface area is 99.5 Å². The highest BCUT2D eigenvalue weighted by Crippen LogP contribution is 2.37. The Bertz CT molecular complexity index is 403. The largest absolute Gasteiger partial charge is 0.311 e. The first-order valence-corrected chi connectivity index (χ1v) is 5.94. The summed E-state index contributed by atoms with van der Waals surface area (Å²) in [5.74, 6) is 0.103. The van der Waals surface area contributed by atoms with Gasteiger partial charge < -0.3 is 4.90 Å². The Morgan fingerprint density at radius 1 is 1.43 bits per heavy atom. The summed E-state index contributed by atoms with van der Waals surface area (Å²) in [5.41, 5.74) is 2.25. The summed E-state index contributed by atoms with van der Waals surface area (Å²) >= 11 is 6.92. The SMILES string of the molecule is CC(=O)N1CCc2cc(Br)cc(Br)c21. The number of carbonyl (C=O) groups is 1. The molecule has 0 radical (unpaired) electrons. The number of halogens is 2. The highest BCUT2D eigenvalue weighted by molar-refractivity contribution is 9.11. The molecule has 2 rings (SSSR count). The predicted molar refractivity (Wildman–Crippen MR) is 63.6 cm³/mol. The molecule has 1 aromatic rings. The molecule has 0 aliphatic carbocycles. The average Bonchev–Trinajstić information content (AvgIpc) is 2.47. The van der Waals surface area contributed by atoms with Gasteiger partial charge >= 0.3 is 0 Å². The van der Waals surface area contributed by atoms with E-state index in [1.54, 1.807) is 6.92 Å². The van der Waals surface area contributed by atoms with Gasteiger partial charge in [0, 0.05) is 22.4 Å². The molecule has 4 heteroatoms. The fourth-order valence-electron chi connectivity index (χ4n) is 1.77.